The Morgan fingerprint density at radius 3 is 2.63 bits per heavy atom. The highest BCUT2D eigenvalue weighted by atomic mass is 79.9. The predicted molar refractivity (Wildman–Crippen MR) is 77.1 cm³/mol. The molecule has 1 N–H and O–H groups in total. The van der Waals surface area contributed by atoms with Gasteiger partial charge >= 0.3 is 0 Å². The van der Waals surface area contributed by atoms with E-state index in [1.807, 2.05) is 19.1 Å². The number of nitro benzene ring substituents is 1. The monoisotopic (exact) mass is 321 g/mol. The van der Waals surface area contributed by atoms with Crippen molar-refractivity contribution in [1.29, 1.82) is 0 Å². The van der Waals surface area contributed by atoms with Gasteiger partial charge in [0.25, 0.3) is 5.69 Å². The van der Waals surface area contributed by atoms with Gasteiger partial charge in [-0.15, -0.1) is 0 Å². The summed E-state index contributed by atoms with van der Waals surface area (Å²) >= 11 is 3.24. The van der Waals surface area contributed by atoms with E-state index < -0.39 is 4.92 Å². The summed E-state index contributed by atoms with van der Waals surface area (Å²) in [7, 11) is 0. The minimum atomic E-state index is -0.396. The van der Waals surface area contributed by atoms with Crippen LogP contribution in [0.15, 0.2) is 47.2 Å². The highest BCUT2D eigenvalue weighted by Gasteiger charge is 2.16. The fourth-order valence-electron chi connectivity index (χ4n) is 1.75. The topological polar surface area (TPSA) is 68.1 Å². The molecule has 0 aliphatic rings. The quantitative estimate of drug-likeness (QED) is 0.684. The number of hydrogen-bond donors (Lipinski definition) is 1. The first kappa shape index (κ1) is 13.5. The van der Waals surface area contributed by atoms with Crippen LogP contribution in [0.2, 0.25) is 0 Å². The fourth-order valence-corrected chi connectivity index (χ4v) is 2.10. The lowest BCUT2D eigenvalue weighted by Crippen LogP contribution is -2.08. The molecule has 1 atom stereocenters. The summed E-state index contributed by atoms with van der Waals surface area (Å²) in [6, 6.07) is 8.67. The first-order chi connectivity index (χ1) is 9.08. The van der Waals surface area contributed by atoms with Gasteiger partial charge in [0.1, 0.15) is 5.69 Å². The van der Waals surface area contributed by atoms with Crippen LogP contribution < -0.4 is 5.32 Å². The number of benzene rings is 1. The number of nitro groups is 1. The normalized spacial score (nSPS) is 11.9. The number of halogens is 1. The molecule has 0 saturated heterocycles. The van der Waals surface area contributed by atoms with Gasteiger partial charge in [-0.2, -0.15) is 0 Å². The minimum absolute atomic E-state index is 0.0390. The van der Waals surface area contributed by atoms with E-state index in [0.717, 1.165) is 5.56 Å². The third-order valence-corrected chi connectivity index (χ3v) is 3.23. The molecule has 5 nitrogen and oxygen atoms in total. The summed E-state index contributed by atoms with van der Waals surface area (Å²) in [5.41, 5.74) is 1.57. The van der Waals surface area contributed by atoms with Crippen molar-refractivity contribution in [2.75, 3.05) is 5.32 Å². The van der Waals surface area contributed by atoms with Crippen molar-refractivity contribution >= 4 is 27.3 Å². The van der Waals surface area contributed by atoms with E-state index in [1.54, 1.807) is 24.5 Å². The number of nitrogens with one attached hydrogen (secondary N) is 1. The lowest BCUT2D eigenvalue weighted by molar-refractivity contribution is -0.384. The van der Waals surface area contributed by atoms with Gasteiger partial charge in [0.05, 0.1) is 4.92 Å². The van der Waals surface area contributed by atoms with Crippen LogP contribution in [0, 0.1) is 10.1 Å². The molecule has 0 saturated carbocycles. The van der Waals surface area contributed by atoms with Crippen molar-refractivity contribution in [3.8, 4) is 0 Å². The van der Waals surface area contributed by atoms with Crippen molar-refractivity contribution in [3.05, 3.63) is 62.9 Å². The van der Waals surface area contributed by atoms with Gasteiger partial charge < -0.3 is 5.32 Å². The first-order valence-corrected chi connectivity index (χ1v) is 6.47. The van der Waals surface area contributed by atoms with E-state index in [0.29, 0.717) is 10.2 Å². The Hall–Kier alpha value is -1.95. The van der Waals surface area contributed by atoms with Crippen LogP contribution in [-0.4, -0.2) is 9.91 Å². The van der Waals surface area contributed by atoms with Crippen molar-refractivity contribution in [1.82, 2.24) is 4.98 Å². The molecule has 98 valence electrons. The van der Waals surface area contributed by atoms with Gasteiger partial charge in [0, 0.05) is 29.0 Å². The number of anilines is 1. The van der Waals surface area contributed by atoms with E-state index in [1.165, 1.54) is 6.07 Å². The molecule has 0 spiro atoms. The Bertz CT molecular complexity index is 590. The highest BCUT2D eigenvalue weighted by Crippen LogP contribution is 2.30. The molecule has 19 heavy (non-hydrogen) atoms. The predicted octanol–water partition coefficient (Wildman–Crippen LogP) is 3.93. The molecule has 1 aromatic carbocycles. The Labute approximate surface area is 119 Å². The third-order valence-electron chi connectivity index (χ3n) is 2.73. The molecule has 0 radical (unpaired) electrons. The lowest BCUT2D eigenvalue weighted by atomic mass is 10.1. The maximum absolute atomic E-state index is 11.0. The molecule has 0 aliphatic carbocycles. The summed E-state index contributed by atoms with van der Waals surface area (Å²) in [5.74, 6) is 0. The Morgan fingerprint density at radius 2 is 2.00 bits per heavy atom. The van der Waals surface area contributed by atoms with Gasteiger partial charge in [0.15, 0.2) is 0 Å². The molecule has 1 heterocycles. The van der Waals surface area contributed by atoms with E-state index in [-0.39, 0.29) is 11.7 Å². The SMILES string of the molecule is CC(Nc1ccc(Br)cc1[N+](=O)[O-])c1ccncc1. The molecule has 0 aliphatic heterocycles. The van der Waals surface area contributed by atoms with Gasteiger partial charge in [0.2, 0.25) is 0 Å². The number of pyridine rings is 1. The van der Waals surface area contributed by atoms with E-state index in [9.17, 15) is 10.1 Å². The van der Waals surface area contributed by atoms with Crippen LogP contribution in [0.1, 0.15) is 18.5 Å². The number of rotatable bonds is 4. The molecule has 0 fully saturated rings. The molecule has 6 heteroatoms. The largest absolute Gasteiger partial charge is 0.373 e. The van der Waals surface area contributed by atoms with Crippen molar-refractivity contribution in [2.45, 2.75) is 13.0 Å². The summed E-state index contributed by atoms with van der Waals surface area (Å²) in [6.07, 6.45) is 3.40. The summed E-state index contributed by atoms with van der Waals surface area (Å²) in [4.78, 5) is 14.6. The second kappa shape index (κ2) is 5.79. The number of aromatic nitrogens is 1. The fraction of sp³-hybridized carbons (Fsp3) is 0.154. The zero-order chi connectivity index (χ0) is 13.8. The maximum Gasteiger partial charge on any atom is 0.293 e. The van der Waals surface area contributed by atoms with Crippen molar-refractivity contribution < 1.29 is 4.92 Å². The Morgan fingerprint density at radius 1 is 1.32 bits per heavy atom. The standard InChI is InChI=1S/C13H12BrN3O2/c1-9(10-4-6-15-7-5-10)16-12-3-2-11(14)8-13(12)17(18)19/h2-9,16H,1H3. The van der Waals surface area contributed by atoms with Crippen molar-refractivity contribution in [3.63, 3.8) is 0 Å². The molecule has 1 unspecified atom stereocenters. The smallest absolute Gasteiger partial charge is 0.293 e. The van der Waals surface area contributed by atoms with Crippen LogP contribution in [0.4, 0.5) is 11.4 Å². The molecule has 0 bridgehead atoms. The Kier molecular flexibility index (Phi) is 4.11. The van der Waals surface area contributed by atoms with Gasteiger partial charge in [-0.1, -0.05) is 15.9 Å². The summed E-state index contributed by atoms with van der Waals surface area (Å²) in [6.45, 7) is 1.95. The average Bonchev–Trinajstić information content (AvgIpc) is 2.41. The first-order valence-electron chi connectivity index (χ1n) is 5.68. The van der Waals surface area contributed by atoms with Gasteiger partial charge in [-0.25, -0.2) is 0 Å². The zero-order valence-electron chi connectivity index (χ0n) is 10.2. The molecule has 1 aromatic heterocycles. The van der Waals surface area contributed by atoms with Crippen molar-refractivity contribution in [2.24, 2.45) is 0 Å². The zero-order valence-corrected chi connectivity index (χ0v) is 11.8. The number of hydrogen-bond acceptors (Lipinski definition) is 4. The number of nitrogens with zero attached hydrogens (tertiary/aromatic N) is 2. The maximum atomic E-state index is 11.0. The van der Waals surface area contributed by atoms with Crippen LogP contribution in [-0.2, 0) is 0 Å². The molecular formula is C13H12BrN3O2. The second-order valence-corrected chi connectivity index (χ2v) is 4.98. The van der Waals surface area contributed by atoms with E-state index in [2.05, 4.69) is 26.2 Å². The molecular weight excluding hydrogens is 310 g/mol. The van der Waals surface area contributed by atoms with Crippen LogP contribution >= 0.6 is 15.9 Å². The summed E-state index contributed by atoms with van der Waals surface area (Å²) in [5, 5.41) is 14.2. The van der Waals surface area contributed by atoms with E-state index in [4.69, 9.17) is 0 Å². The highest BCUT2D eigenvalue weighted by molar-refractivity contribution is 9.10. The molecule has 2 rings (SSSR count). The molecule has 2 aromatic rings. The Balaban J connectivity index is 2.26. The lowest BCUT2D eigenvalue weighted by Gasteiger charge is -2.15. The third kappa shape index (κ3) is 3.29. The van der Waals surface area contributed by atoms with Gasteiger partial charge in [-0.05, 0) is 36.8 Å². The average molecular weight is 322 g/mol. The van der Waals surface area contributed by atoms with Gasteiger partial charge in [-0.3, -0.25) is 15.1 Å². The van der Waals surface area contributed by atoms with Crippen LogP contribution in [0.3, 0.4) is 0 Å². The van der Waals surface area contributed by atoms with Crippen LogP contribution in [0.25, 0.3) is 0 Å². The van der Waals surface area contributed by atoms with E-state index >= 15 is 0 Å². The second-order valence-electron chi connectivity index (χ2n) is 4.07. The van der Waals surface area contributed by atoms with Crippen LogP contribution in [0.5, 0.6) is 0 Å². The minimum Gasteiger partial charge on any atom is -0.373 e. The summed E-state index contributed by atoms with van der Waals surface area (Å²) < 4.78 is 0.682. The molecule has 0 amide bonds.